The molecular formula is C30H44N5O8P. The van der Waals surface area contributed by atoms with Gasteiger partial charge in [0.1, 0.15) is 42.0 Å². The zero-order chi connectivity index (χ0) is 31.7. The number of ether oxygens (including phenoxy) is 4. The van der Waals surface area contributed by atoms with Crippen molar-refractivity contribution in [3.05, 3.63) is 42.1 Å². The number of fused-ring (bicyclic) bond motifs is 2. The van der Waals surface area contributed by atoms with Gasteiger partial charge in [-0.1, -0.05) is 51.0 Å². The Morgan fingerprint density at radius 3 is 2.61 bits per heavy atom. The van der Waals surface area contributed by atoms with Crippen LogP contribution >= 0.6 is 7.75 Å². The molecule has 2 saturated heterocycles. The minimum absolute atomic E-state index is 0.178. The van der Waals surface area contributed by atoms with E-state index in [-0.39, 0.29) is 25.2 Å². The molecule has 0 radical (unpaired) electrons. The number of esters is 1. The molecule has 13 nitrogen and oxygen atoms in total. The topological polar surface area (TPSA) is 156 Å². The smallest absolute Gasteiger partial charge is 0.459 e. The quantitative estimate of drug-likeness (QED) is 0.238. The van der Waals surface area contributed by atoms with Crippen LogP contribution in [0.4, 0.5) is 0 Å². The van der Waals surface area contributed by atoms with E-state index in [1.807, 2.05) is 46.8 Å². The molecule has 4 heterocycles. The summed E-state index contributed by atoms with van der Waals surface area (Å²) >= 11 is 0. The summed E-state index contributed by atoms with van der Waals surface area (Å²) in [5.41, 5.74) is 5.92. The summed E-state index contributed by atoms with van der Waals surface area (Å²) in [5.74, 6) is -0.508. The molecule has 1 aromatic rings. The van der Waals surface area contributed by atoms with Crippen LogP contribution in [0.5, 0.6) is 5.75 Å². The lowest BCUT2D eigenvalue weighted by Gasteiger charge is -2.40. The van der Waals surface area contributed by atoms with Crippen LogP contribution in [0, 0.1) is 5.92 Å². The van der Waals surface area contributed by atoms with Gasteiger partial charge in [0.25, 0.3) is 0 Å². The highest BCUT2D eigenvalue weighted by Crippen LogP contribution is 2.51. The lowest BCUT2D eigenvalue weighted by molar-refractivity contribution is -0.218. The molecule has 2 unspecified atom stereocenters. The van der Waals surface area contributed by atoms with E-state index in [1.54, 1.807) is 36.2 Å². The summed E-state index contributed by atoms with van der Waals surface area (Å²) in [6, 6.07) is 7.38. The summed E-state index contributed by atoms with van der Waals surface area (Å²) < 4.78 is 50.9. The van der Waals surface area contributed by atoms with Gasteiger partial charge in [-0.3, -0.25) is 14.3 Å². The Morgan fingerprint density at radius 1 is 1.18 bits per heavy atom. The fourth-order valence-corrected chi connectivity index (χ4v) is 7.52. The van der Waals surface area contributed by atoms with Crippen molar-refractivity contribution in [1.82, 2.24) is 10.1 Å². The van der Waals surface area contributed by atoms with Crippen molar-refractivity contribution >= 4 is 25.9 Å². The number of nitrogens with two attached hydrogens (primary N) is 1. The third-order valence-electron chi connectivity index (χ3n) is 8.54. The third kappa shape index (κ3) is 6.73. The predicted molar refractivity (Wildman–Crippen MR) is 164 cm³/mol. The summed E-state index contributed by atoms with van der Waals surface area (Å²) in [6.07, 6.45) is 4.01. The highest BCUT2D eigenvalue weighted by molar-refractivity contribution is 7.52. The molecule has 0 spiro atoms. The van der Waals surface area contributed by atoms with E-state index in [2.05, 4.69) is 15.2 Å². The molecular weight excluding hydrogens is 589 g/mol. The second kappa shape index (κ2) is 12.9. The largest absolute Gasteiger partial charge is 0.464 e. The van der Waals surface area contributed by atoms with E-state index in [4.69, 9.17) is 33.7 Å². The summed E-state index contributed by atoms with van der Waals surface area (Å²) in [7, 11) is -4.14. The second-order valence-electron chi connectivity index (χ2n) is 12.2. The Labute approximate surface area is 258 Å². The maximum atomic E-state index is 14.2. The molecule has 14 heteroatoms. The van der Waals surface area contributed by atoms with Crippen molar-refractivity contribution in [2.45, 2.75) is 103 Å². The molecule has 0 saturated carbocycles. The number of nitrogens with one attached hydrogen (secondary N) is 1. The SMILES string of the molecule is CCC(CC)COC(=O)[C@H](C)NP(=O)(OC[C@H]1O[C@@](C)(C2CC=C3C(N)=NC=NN32)[C@@H]2OC(C)(C)O[C@@H]21)Oc1ccccc1. The van der Waals surface area contributed by atoms with Crippen molar-refractivity contribution in [1.29, 1.82) is 0 Å². The fourth-order valence-electron chi connectivity index (χ4n) is 6.02. The predicted octanol–water partition coefficient (Wildman–Crippen LogP) is 4.10. The Morgan fingerprint density at radius 2 is 1.91 bits per heavy atom. The van der Waals surface area contributed by atoms with Crippen LogP contribution in [0.15, 0.2) is 52.2 Å². The first-order valence-corrected chi connectivity index (χ1v) is 16.7. The zero-order valence-corrected chi connectivity index (χ0v) is 27.1. The number of rotatable bonds is 13. The van der Waals surface area contributed by atoms with Crippen molar-refractivity contribution in [3.63, 3.8) is 0 Å². The number of nitrogens with zero attached hydrogens (tertiary/aromatic N) is 3. The maximum absolute atomic E-state index is 14.2. The second-order valence-corrected chi connectivity index (χ2v) is 13.8. The maximum Gasteiger partial charge on any atom is 0.459 e. The van der Waals surface area contributed by atoms with E-state index in [9.17, 15) is 9.36 Å². The number of hydrogen-bond acceptors (Lipinski definition) is 12. The van der Waals surface area contributed by atoms with E-state index in [1.165, 1.54) is 6.34 Å². The van der Waals surface area contributed by atoms with E-state index < -0.39 is 49.5 Å². The van der Waals surface area contributed by atoms with Crippen LogP contribution in [-0.4, -0.2) is 78.1 Å². The average molecular weight is 634 g/mol. The number of carbonyl (C=O) groups is 1. The Bertz CT molecular complexity index is 1340. The molecule has 44 heavy (non-hydrogen) atoms. The molecule has 0 amide bonds. The molecule has 0 aromatic heterocycles. The van der Waals surface area contributed by atoms with Gasteiger partial charge in [0.15, 0.2) is 11.6 Å². The lowest BCUT2D eigenvalue weighted by Crippen LogP contribution is -2.55. The molecule has 0 bridgehead atoms. The normalized spacial score (nSPS) is 30.8. The van der Waals surface area contributed by atoms with Crippen LogP contribution < -0.4 is 15.3 Å². The first kappa shape index (κ1) is 32.6. The molecule has 3 N–H and O–H groups in total. The first-order valence-electron chi connectivity index (χ1n) is 15.2. The molecule has 5 rings (SSSR count). The van der Waals surface area contributed by atoms with Gasteiger partial charge in [0.05, 0.1) is 25.0 Å². The minimum atomic E-state index is -4.14. The minimum Gasteiger partial charge on any atom is -0.464 e. The van der Waals surface area contributed by atoms with E-state index >= 15 is 0 Å². The highest BCUT2D eigenvalue weighted by Gasteiger charge is 2.65. The Kier molecular flexibility index (Phi) is 9.55. The highest BCUT2D eigenvalue weighted by atomic mass is 31.2. The average Bonchev–Trinajstić information content (AvgIpc) is 3.64. The van der Waals surface area contributed by atoms with E-state index in [0.29, 0.717) is 23.7 Å². The summed E-state index contributed by atoms with van der Waals surface area (Å²) in [5, 5.41) is 9.02. The van der Waals surface area contributed by atoms with Crippen molar-refractivity contribution in [2.24, 2.45) is 21.7 Å². The van der Waals surface area contributed by atoms with Crippen LogP contribution in [0.1, 0.15) is 60.8 Å². The molecule has 7 atom stereocenters. The molecule has 2 fully saturated rings. The third-order valence-corrected chi connectivity index (χ3v) is 10.2. The number of hydrogen-bond donors (Lipinski definition) is 2. The first-order chi connectivity index (χ1) is 20.9. The van der Waals surface area contributed by atoms with Gasteiger partial charge in [-0.2, -0.15) is 10.2 Å². The summed E-state index contributed by atoms with van der Waals surface area (Å²) in [6.45, 7) is 11.4. The number of aliphatic imine (C=N–C) groups is 1. The number of carbonyl (C=O) groups excluding carboxylic acids is 1. The van der Waals surface area contributed by atoms with Crippen LogP contribution in [-0.2, 0) is 32.8 Å². The van der Waals surface area contributed by atoms with Crippen molar-refractivity contribution < 1.29 is 37.4 Å². The monoisotopic (exact) mass is 633 g/mol. The van der Waals surface area contributed by atoms with E-state index in [0.717, 1.165) is 12.8 Å². The number of amidine groups is 1. The van der Waals surface area contributed by atoms with Gasteiger partial charge in [0, 0.05) is 0 Å². The number of hydrazone groups is 1. The van der Waals surface area contributed by atoms with Crippen molar-refractivity contribution in [2.75, 3.05) is 13.2 Å². The molecule has 242 valence electrons. The Balaban J connectivity index is 1.33. The van der Waals surface area contributed by atoms with Gasteiger partial charge in [-0.25, -0.2) is 9.56 Å². The zero-order valence-electron chi connectivity index (χ0n) is 26.2. The van der Waals surface area contributed by atoms with Gasteiger partial charge < -0.3 is 29.2 Å². The standard InChI is InChI=1S/C30H44N5O8P/c1-7-20(8-2)16-38-28(36)19(3)34-44(37,43-21-12-10-9-11-13-21)39-17-23-25-26(42-29(4,5)41-25)30(6,40-23)24-15-14-22-27(31)32-18-33-35(22)24/h9-14,18-20,23-26H,7-8,15-17H2,1-6H3,(H,34,37)(H2,31,32,33)/t19-,23+,24?,25+,26+,30-,44?/m0/s1. The summed E-state index contributed by atoms with van der Waals surface area (Å²) in [4.78, 5) is 17.0. The van der Waals surface area contributed by atoms with Crippen LogP contribution in [0.2, 0.25) is 0 Å². The number of benzene rings is 1. The Hall–Kier alpha value is -2.80. The van der Waals surface area contributed by atoms with Gasteiger partial charge in [-0.15, -0.1) is 0 Å². The van der Waals surface area contributed by atoms with Gasteiger partial charge >= 0.3 is 13.7 Å². The number of para-hydroxylation sites is 1. The lowest BCUT2D eigenvalue weighted by atomic mass is 9.87. The molecule has 0 aliphatic carbocycles. The fraction of sp³-hybridized carbons (Fsp3) is 0.633. The van der Waals surface area contributed by atoms with Crippen LogP contribution in [0.3, 0.4) is 0 Å². The van der Waals surface area contributed by atoms with Crippen LogP contribution in [0.25, 0.3) is 0 Å². The van der Waals surface area contributed by atoms with Gasteiger partial charge in [-0.05, 0) is 52.2 Å². The van der Waals surface area contributed by atoms with Gasteiger partial charge in [0.2, 0.25) is 0 Å². The molecule has 4 aliphatic rings. The molecule has 4 aliphatic heterocycles. The molecule has 1 aromatic carbocycles. The van der Waals surface area contributed by atoms with Crippen molar-refractivity contribution in [3.8, 4) is 5.75 Å².